The molecule has 0 saturated heterocycles. The summed E-state index contributed by atoms with van der Waals surface area (Å²) >= 11 is 0. The third-order valence-electron chi connectivity index (χ3n) is 4.40. The fourth-order valence-electron chi connectivity index (χ4n) is 2.72. The molecule has 0 atom stereocenters. The van der Waals surface area contributed by atoms with Gasteiger partial charge in [0, 0.05) is 18.7 Å². The van der Waals surface area contributed by atoms with Gasteiger partial charge >= 0.3 is 17.8 Å². The van der Waals surface area contributed by atoms with Crippen molar-refractivity contribution in [3.05, 3.63) is 29.8 Å². The first-order chi connectivity index (χ1) is 13.8. The zero-order valence-electron chi connectivity index (χ0n) is 16.8. The standard InChI is InChI=1S/C19H22N6O4/c1-23(2)10-9-20-14(26)11-29-13-7-5-12(6-8-13)16-21-15-17(22-16)24(3)19(28)25(4)18(15)27/h5-8H,9-11H2,1-4H3/p+1. The Morgan fingerprint density at radius 1 is 1.21 bits per heavy atom. The van der Waals surface area contributed by atoms with Crippen LogP contribution < -0.4 is 10.1 Å². The van der Waals surface area contributed by atoms with E-state index in [0.717, 1.165) is 11.4 Å². The number of rotatable bonds is 7. The van der Waals surface area contributed by atoms with Gasteiger partial charge in [-0.1, -0.05) is 4.99 Å². The third-order valence-corrected chi connectivity index (χ3v) is 4.40. The number of hydrogen-bond acceptors (Lipinski definition) is 7. The van der Waals surface area contributed by atoms with Crippen molar-refractivity contribution < 1.29 is 23.7 Å². The van der Waals surface area contributed by atoms with Crippen LogP contribution in [0.3, 0.4) is 0 Å². The maximum atomic E-state index is 12.2. The lowest BCUT2D eigenvalue weighted by Crippen LogP contribution is -2.51. The highest BCUT2D eigenvalue weighted by atomic mass is 16.5. The molecule has 1 aromatic carbocycles. The number of amidine groups is 2. The summed E-state index contributed by atoms with van der Waals surface area (Å²) < 4.78 is 6.77. The fraction of sp³-hybridized carbons (Fsp3) is 0.368. The Bertz CT molecular complexity index is 946. The number of nitrogens with one attached hydrogen (secondary N) is 1. The number of amides is 4. The van der Waals surface area contributed by atoms with Gasteiger partial charge in [-0.15, -0.1) is 0 Å². The summed E-state index contributed by atoms with van der Waals surface area (Å²) in [5, 5.41) is 2.77. The van der Waals surface area contributed by atoms with Crippen LogP contribution in [0.5, 0.6) is 5.75 Å². The Morgan fingerprint density at radius 3 is 2.55 bits per heavy atom. The first-order valence-electron chi connectivity index (χ1n) is 9.03. The average molecular weight is 399 g/mol. The predicted molar refractivity (Wildman–Crippen MR) is 107 cm³/mol. The average Bonchev–Trinajstić information content (AvgIpc) is 3.15. The molecule has 0 fully saturated rings. The molecule has 2 aliphatic rings. The maximum absolute atomic E-state index is 12.2. The molecule has 10 heteroatoms. The van der Waals surface area contributed by atoms with Crippen LogP contribution in [-0.4, -0.2) is 97.5 Å². The Kier molecular flexibility index (Phi) is 5.83. The quantitative estimate of drug-likeness (QED) is 0.627. The summed E-state index contributed by atoms with van der Waals surface area (Å²) in [6.07, 6.45) is 0. The molecule has 2 heterocycles. The lowest BCUT2D eigenvalue weighted by Gasteiger charge is -2.15. The lowest BCUT2D eigenvalue weighted by atomic mass is 10.2. The minimum atomic E-state index is -0.484. The van der Waals surface area contributed by atoms with Gasteiger partial charge in [0.15, 0.2) is 6.61 Å². The molecular formula is C19H23N6O4+. The topological polar surface area (TPSA) is 107 Å². The number of imide groups is 1. The van der Waals surface area contributed by atoms with Crippen LogP contribution in [-0.2, 0) is 9.59 Å². The normalized spacial score (nSPS) is 16.1. The fourth-order valence-corrected chi connectivity index (χ4v) is 2.72. The van der Waals surface area contributed by atoms with Crippen molar-refractivity contribution in [3.8, 4) is 5.75 Å². The molecular weight excluding hydrogens is 376 g/mol. The molecule has 4 amide bonds. The zero-order chi connectivity index (χ0) is 21.1. The van der Waals surface area contributed by atoms with E-state index >= 15 is 0 Å². The van der Waals surface area contributed by atoms with Crippen molar-refractivity contribution in [3.63, 3.8) is 0 Å². The molecule has 0 aromatic heterocycles. The largest absolute Gasteiger partial charge is 0.484 e. The minimum absolute atomic E-state index is 0.0817. The predicted octanol–water partition coefficient (Wildman–Crippen LogP) is -0.423. The van der Waals surface area contributed by atoms with Crippen LogP contribution in [0.1, 0.15) is 5.56 Å². The Balaban J connectivity index is 1.64. The highest BCUT2D eigenvalue weighted by molar-refractivity contribution is 6.70. The lowest BCUT2D eigenvalue weighted by molar-refractivity contribution is -0.401. The summed E-state index contributed by atoms with van der Waals surface area (Å²) in [4.78, 5) is 47.6. The van der Waals surface area contributed by atoms with Crippen LogP contribution in [0.15, 0.2) is 34.3 Å². The van der Waals surface area contributed by atoms with Crippen molar-refractivity contribution in [2.24, 2.45) is 9.98 Å². The van der Waals surface area contributed by atoms with Crippen molar-refractivity contribution in [2.45, 2.75) is 0 Å². The summed E-state index contributed by atoms with van der Waals surface area (Å²) in [6, 6.07) is 6.40. The van der Waals surface area contributed by atoms with Gasteiger partial charge in [-0.2, -0.15) is 14.5 Å². The van der Waals surface area contributed by atoms with E-state index in [-0.39, 0.29) is 24.1 Å². The molecule has 0 aliphatic carbocycles. The van der Waals surface area contributed by atoms with Gasteiger partial charge in [0.25, 0.3) is 5.91 Å². The van der Waals surface area contributed by atoms with Gasteiger partial charge in [-0.25, -0.2) is 9.59 Å². The maximum Gasteiger partial charge on any atom is 0.446 e. The summed E-state index contributed by atoms with van der Waals surface area (Å²) in [7, 11) is 6.81. The number of nitrogens with zero attached hydrogens (tertiary/aromatic N) is 5. The number of carbonyl (C=O) groups excluding carboxylic acids is 3. The molecule has 29 heavy (non-hydrogen) atoms. The Morgan fingerprint density at radius 2 is 1.90 bits per heavy atom. The number of benzene rings is 1. The number of ether oxygens (including phenoxy) is 1. The highest BCUT2D eigenvalue weighted by Crippen LogP contribution is 2.17. The van der Waals surface area contributed by atoms with Gasteiger partial charge in [0.2, 0.25) is 11.5 Å². The van der Waals surface area contributed by atoms with E-state index in [2.05, 4.69) is 15.3 Å². The van der Waals surface area contributed by atoms with Crippen molar-refractivity contribution in [2.75, 3.05) is 47.9 Å². The minimum Gasteiger partial charge on any atom is -0.484 e. The van der Waals surface area contributed by atoms with Crippen LogP contribution in [0.2, 0.25) is 0 Å². The molecule has 1 N–H and O–H groups in total. The molecule has 0 unspecified atom stereocenters. The van der Waals surface area contributed by atoms with Gasteiger partial charge in [-0.05, 0) is 38.4 Å². The van der Waals surface area contributed by atoms with Gasteiger partial charge in [0.1, 0.15) is 5.75 Å². The van der Waals surface area contributed by atoms with E-state index < -0.39 is 11.9 Å². The number of fused-ring (bicyclic) bond motifs is 1. The van der Waals surface area contributed by atoms with E-state index in [1.807, 2.05) is 19.0 Å². The number of urea groups is 1. The Labute approximate surface area is 168 Å². The smallest absolute Gasteiger partial charge is 0.446 e. The summed E-state index contributed by atoms with van der Waals surface area (Å²) in [5.41, 5.74) is 0.804. The number of likely N-dealkylation sites (N-methyl/N-ethyl adjacent to an activating group) is 1. The van der Waals surface area contributed by atoms with Crippen molar-refractivity contribution in [1.82, 2.24) is 15.1 Å². The van der Waals surface area contributed by atoms with Crippen LogP contribution in [0.4, 0.5) is 4.79 Å². The molecule has 0 bridgehead atoms. The van der Waals surface area contributed by atoms with E-state index in [1.165, 1.54) is 11.6 Å². The van der Waals surface area contributed by atoms with E-state index in [4.69, 9.17) is 4.74 Å². The molecule has 1 aromatic rings. The zero-order valence-corrected chi connectivity index (χ0v) is 16.8. The summed E-state index contributed by atoms with van der Waals surface area (Å²) in [6.45, 7) is 1.23. The molecule has 10 nitrogen and oxygen atoms in total. The summed E-state index contributed by atoms with van der Waals surface area (Å²) in [5.74, 6) is 0.422. The molecule has 3 rings (SSSR count). The molecule has 152 valence electrons. The highest BCUT2D eigenvalue weighted by Gasteiger charge is 2.44. The second-order valence-corrected chi connectivity index (χ2v) is 6.89. The number of carbonyl (C=O) groups is 3. The van der Waals surface area contributed by atoms with Gasteiger partial charge < -0.3 is 15.0 Å². The van der Waals surface area contributed by atoms with Crippen molar-refractivity contribution >= 4 is 35.2 Å². The number of hydrogen-bond donors (Lipinski definition) is 1. The first kappa shape index (κ1) is 20.3. The molecule has 0 radical (unpaired) electrons. The number of aliphatic imine (C=N–C) groups is 2. The second kappa shape index (κ2) is 8.31. The van der Waals surface area contributed by atoms with Crippen LogP contribution in [0, 0.1) is 0 Å². The first-order valence-corrected chi connectivity index (χ1v) is 9.03. The van der Waals surface area contributed by atoms with E-state index in [0.29, 0.717) is 23.7 Å². The van der Waals surface area contributed by atoms with Crippen LogP contribution in [0.25, 0.3) is 0 Å². The van der Waals surface area contributed by atoms with Crippen molar-refractivity contribution in [1.29, 1.82) is 0 Å². The third kappa shape index (κ3) is 4.37. The Hall–Kier alpha value is -3.40. The second-order valence-electron chi connectivity index (χ2n) is 6.89. The van der Waals surface area contributed by atoms with Gasteiger partial charge in [0.05, 0.1) is 14.1 Å². The van der Waals surface area contributed by atoms with E-state index in [9.17, 15) is 14.4 Å². The monoisotopic (exact) mass is 399 g/mol. The molecule has 2 aliphatic heterocycles. The molecule has 0 spiro atoms. The molecule has 0 saturated carbocycles. The SMILES string of the molecule is CN(C)CCNC(=O)COc1ccc(C2=NC3=[N+](C)C(=O)N(C)C(=O)C3=N2)cc1. The van der Waals surface area contributed by atoms with E-state index in [1.54, 1.807) is 31.3 Å². The van der Waals surface area contributed by atoms with Gasteiger partial charge in [-0.3, -0.25) is 4.79 Å². The van der Waals surface area contributed by atoms with Crippen LogP contribution >= 0.6 is 0 Å².